The number of hydrogen-bond donors (Lipinski definition) is 2. The Balaban J connectivity index is 1.68. The van der Waals surface area contributed by atoms with Crippen LogP contribution in [0.15, 0.2) is 48.3 Å². The maximum atomic E-state index is 12.5. The second kappa shape index (κ2) is 8.70. The lowest BCUT2D eigenvalue weighted by Crippen LogP contribution is -2.28. The molecule has 1 aromatic heterocycles. The molecule has 0 fully saturated rings. The highest BCUT2D eigenvalue weighted by molar-refractivity contribution is 6.32. The molecule has 2 aromatic rings. The van der Waals surface area contributed by atoms with Crippen LogP contribution < -0.4 is 10.6 Å². The molecule has 1 aliphatic rings. The van der Waals surface area contributed by atoms with Crippen molar-refractivity contribution in [2.45, 2.75) is 38.6 Å². The summed E-state index contributed by atoms with van der Waals surface area (Å²) in [5.74, 6) is -0.435. The van der Waals surface area contributed by atoms with Gasteiger partial charge in [-0.05, 0) is 61.4 Å². The summed E-state index contributed by atoms with van der Waals surface area (Å²) in [5.41, 5.74) is 4.31. The predicted molar refractivity (Wildman–Crippen MR) is 106 cm³/mol. The number of carbonyl (C=O) groups excluding carboxylic acids is 1. The lowest BCUT2D eigenvalue weighted by molar-refractivity contribution is -0.117. The van der Waals surface area contributed by atoms with E-state index in [0.717, 1.165) is 18.4 Å². The highest BCUT2D eigenvalue weighted by atomic mass is 35.5. The summed E-state index contributed by atoms with van der Waals surface area (Å²) in [4.78, 5) is 16.4. The predicted octanol–water partition coefficient (Wildman–Crippen LogP) is 4.31. The standard InChI is InChI=1S/C21H21ClN4O/c1-14(16-9-8-15-5-2-3-6-17(15)11-16)26-21(27)18(12-23)13-25-19-7-4-10-24-20(19)22/h4,7-11,13-14,25H,2-3,5-6H2,1H3,(H,26,27)/b18-13-. The van der Waals surface area contributed by atoms with E-state index >= 15 is 0 Å². The summed E-state index contributed by atoms with van der Waals surface area (Å²) in [7, 11) is 0. The molecule has 0 aliphatic heterocycles. The molecule has 0 saturated carbocycles. The lowest BCUT2D eigenvalue weighted by atomic mass is 9.89. The lowest BCUT2D eigenvalue weighted by Gasteiger charge is -2.20. The fourth-order valence-corrected chi connectivity index (χ4v) is 3.35. The maximum absolute atomic E-state index is 12.5. The van der Waals surface area contributed by atoms with Gasteiger partial charge in [0.1, 0.15) is 11.6 Å². The number of pyridine rings is 1. The number of aryl methyl sites for hydroxylation is 2. The fourth-order valence-electron chi connectivity index (χ4n) is 3.17. The van der Waals surface area contributed by atoms with Crippen molar-refractivity contribution in [1.29, 1.82) is 5.26 Å². The van der Waals surface area contributed by atoms with Crippen molar-refractivity contribution >= 4 is 23.2 Å². The molecule has 0 spiro atoms. The SMILES string of the molecule is CC(NC(=O)/C(C#N)=C\Nc1cccnc1Cl)c1ccc2c(c1)CCCC2. The van der Waals surface area contributed by atoms with E-state index in [1.807, 2.05) is 13.0 Å². The third-order valence-electron chi connectivity index (χ3n) is 4.72. The average molecular weight is 381 g/mol. The Morgan fingerprint density at radius 1 is 1.30 bits per heavy atom. The molecule has 0 radical (unpaired) electrons. The first-order valence-corrected chi connectivity index (χ1v) is 9.36. The van der Waals surface area contributed by atoms with Crippen molar-refractivity contribution in [2.75, 3.05) is 5.32 Å². The molecule has 0 bridgehead atoms. The summed E-state index contributed by atoms with van der Waals surface area (Å²) in [6, 6.07) is 11.5. The molecular weight excluding hydrogens is 360 g/mol. The van der Waals surface area contributed by atoms with Crippen LogP contribution in [0.25, 0.3) is 0 Å². The Kier molecular flexibility index (Phi) is 6.10. The number of nitrogens with zero attached hydrogens (tertiary/aromatic N) is 2. The van der Waals surface area contributed by atoms with Gasteiger partial charge in [0.05, 0.1) is 11.7 Å². The molecule has 1 atom stereocenters. The number of benzene rings is 1. The normalized spacial score (nSPS) is 14.6. The van der Waals surface area contributed by atoms with Gasteiger partial charge in [0, 0.05) is 12.4 Å². The molecule has 5 nitrogen and oxygen atoms in total. The van der Waals surface area contributed by atoms with E-state index < -0.39 is 5.91 Å². The number of anilines is 1. The van der Waals surface area contributed by atoms with Gasteiger partial charge in [-0.2, -0.15) is 5.26 Å². The van der Waals surface area contributed by atoms with Gasteiger partial charge in [0.15, 0.2) is 5.15 Å². The number of halogens is 1. The van der Waals surface area contributed by atoms with E-state index in [1.54, 1.807) is 18.3 Å². The number of amides is 1. The smallest absolute Gasteiger partial charge is 0.263 e. The second-order valence-corrected chi connectivity index (χ2v) is 6.94. The number of aromatic nitrogens is 1. The highest BCUT2D eigenvalue weighted by Gasteiger charge is 2.16. The number of nitrogens with one attached hydrogen (secondary N) is 2. The zero-order chi connectivity index (χ0) is 19.2. The Morgan fingerprint density at radius 2 is 2.07 bits per heavy atom. The van der Waals surface area contributed by atoms with Gasteiger partial charge >= 0.3 is 0 Å². The molecule has 2 N–H and O–H groups in total. The summed E-state index contributed by atoms with van der Waals surface area (Å²) in [5, 5.41) is 15.3. The topological polar surface area (TPSA) is 77.8 Å². The first kappa shape index (κ1) is 18.9. The minimum Gasteiger partial charge on any atom is -0.358 e. The van der Waals surface area contributed by atoms with Crippen LogP contribution in [0.4, 0.5) is 5.69 Å². The van der Waals surface area contributed by atoms with E-state index in [1.165, 1.54) is 30.2 Å². The second-order valence-electron chi connectivity index (χ2n) is 6.59. The van der Waals surface area contributed by atoms with E-state index in [9.17, 15) is 10.1 Å². The Bertz CT molecular complexity index is 917. The summed E-state index contributed by atoms with van der Waals surface area (Å²) < 4.78 is 0. The van der Waals surface area contributed by atoms with Gasteiger partial charge in [-0.1, -0.05) is 29.8 Å². The van der Waals surface area contributed by atoms with Gasteiger partial charge in [-0.3, -0.25) is 4.79 Å². The molecule has 6 heteroatoms. The van der Waals surface area contributed by atoms with Crippen molar-refractivity contribution in [1.82, 2.24) is 10.3 Å². The van der Waals surface area contributed by atoms with Crippen molar-refractivity contribution < 1.29 is 4.79 Å². The summed E-state index contributed by atoms with van der Waals surface area (Å²) in [6.07, 6.45) is 7.57. The van der Waals surface area contributed by atoms with Gasteiger partial charge in [-0.25, -0.2) is 4.98 Å². The number of rotatable bonds is 5. The average Bonchev–Trinajstić information content (AvgIpc) is 2.69. The molecule has 138 valence electrons. The van der Waals surface area contributed by atoms with Crippen LogP contribution in [0.5, 0.6) is 0 Å². The summed E-state index contributed by atoms with van der Waals surface area (Å²) in [6.45, 7) is 1.92. The number of hydrogen-bond acceptors (Lipinski definition) is 4. The first-order valence-electron chi connectivity index (χ1n) is 8.98. The Hall–Kier alpha value is -2.84. The first-order chi connectivity index (χ1) is 13.1. The minimum atomic E-state index is -0.435. The molecule has 1 amide bonds. The molecule has 1 unspecified atom stereocenters. The third-order valence-corrected chi connectivity index (χ3v) is 5.02. The summed E-state index contributed by atoms with van der Waals surface area (Å²) >= 11 is 5.97. The Labute approximate surface area is 164 Å². The van der Waals surface area contributed by atoms with Crippen molar-refractivity contribution in [3.05, 3.63) is 70.1 Å². The van der Waals surface area contributed by atoms with Gasteiger partial charge in [-0.15, -0.1) is 0 Å². The zero-order valence-electron chi connectivity index (χ0n) is 15.1. The number of nitriles is 1. The molecule has 1 aromatic carbocycles. The van der Waals surface area contributed by atoms with E-state index in [-0.39, 0.29) is 16.8 Å². The van der Waals surface area contributed by atoms with E-state index in [4.69, 9.17) is 11.6 Å². The molecular formula is C21H21ClN4O. The number of fused-ring (bicyclic) bond motifs is 1. The number of carbonyl (C=O) groups is 1. The van der Waals surface area contributed by atoms with Crippen LogP contribution in [0.3, 0.4) is 0 Å². The van der Waals surface area contributed by atoms with Crippen LogP contribution in [0.1, 0.15) is 42.5 Å². The molecule has 3 rings (SSSR count). The minimum absolute atomic E-state index is 0.0280. The fraction of sp³-hybridized carbons (Fsp3) is 0.286. The van der Waals surface area contributed by atoms with Crippen LogP contribution in [0.2, 0.25) is 5.15 Å². The van der Waals surface area contributed by atoms with Crippen molar-refractivity contribution in [2.24, 2.45) is 0 Å². The van der Waals surface area contributed by atoms with Gasteiger partial charge in [0.25, 0.3) is 5.91 Å². The van der Waals surface area contributed by atoms with Gasteiger partial charge in [0.2, 0.25) is 0 Å². The molecule has 27 heavy (non-hydrogen) atoms. The zero-order valence-corrected chi connectivity index (χ0v) is 15.9. The highest BCUT2D eigenvalue weighted by Crippen LogP contribution is 2.25. The third kappa shape index (κ3) is 4.66. The van der Waals surface area contributed by atoms with Crippen molar-refractivity contribution in [3.63, 3.8) is 0 Å². The molecule has 0 saturated heterocycles. The monoisotopic (exact) mass is 380 g/mol. The largest absolute Gasteiger partial charge is 0.358 e. The van der Waals surface area contributed by atoms with Gasteiger partial charge < -0.3 is 10.6 Å². The quantitative estimate of drug-likeness (QED) is 0.460. The molecule has 1 aliphatic carbocycles. The Morgan fingerprint density at radius 3 is 2.81 bits per heavy atom. The van der Waals surface area contributed by atoms with Crippen LogP contribution in [0, 0.1) is 11.3 Å². The van der Waals surface area contributed by atoms with Crippen LogP contribution >= 0.6 is 11.6 Å². The maximum Gasteiger partial charge on any atom is 0.263 e. The van der Waals surface area contributed by atoms with E-state index in [0.29, 0.717) is 5.69 Å². The van der Waals surface area contributed by atoms with Crippen LogP contribution in [-0.4, -0.2) is 10.9 Å². The van der Waals surface area contributed by atoms with E-state index in [2.05, 4.69) is 33.8 Å². The van der Waals surface area contributed by atoms with Crippen molar-refractivity contribution in [3.8, 4) is 6.07 Å². The molecule has 1 heterocycles. The van der Waals surface area contributed by atoms with Crippen LogP contribution in [-0.2, 0) is 17.6 Å².